The predicted octanol–water partition coefficient (Wildman–Crippen LogP) is 3.26. The molecule has 0 aliphatic carbocycles. The van der Waals surface area contributed by atoms with E-state index in [2.05, 4.69) is 26.0 Å². The van der Waals surface area contributed by atoms with Crippen LogP contribution >= 0.6 is 0 Å². The quantitative estimate of drug-likeness (QED) is 0.586. The third-order valence-electron chi connectivity index (χ3n) is 5.52. The van der Waals surface area contributed by atoms with E-state index in [0.29, 0.717) is 0 Å². The predicted molar refractivity (Wildman–Crippen MR) is 96.5 cm³/mol. The van der Waals surface area contributed by atoms with Crippen LogP contribution in [0.15, 0.2) is 35.3 Å². The molecule has 0 saturated carbocycles. The van der Waals surface area contributed by atoms with Crippen molar-refractivity contribution in [3.63, 3.8) is 0 Å². The minimum absolute atomic E-state index is 0.0366. The molecule has 0 amide bonds. The van der Waals surface area contributed by atoms with Gasteiger partial charge in [-0.3, -0.25) is 14.6 Å². The molecule has 1 aromatic rings. The van der Waals surface area contributed by atoms with E-state index < -0.39 is 17.9 Å². The SMILES string of the molecule is COC(=O)C(C(=O)OC)C(C)C(C)(C)C1CCC(c2ccccc2)=N1. The number of rotatable bonds is 6. The van der Waals surface area contributed by atoms with E-state index in [9.17, 15) is 9.59 Å². The first-order valence-corrected chi connectivity index (χ1v) is 8.60. The van der Waals surface area contributed by atoms with Crippen molar-refractivity contribution in [2.24, 2.45) is 22.2 Å². The Bertz CT molecular complexity index is 635. The third-order valence-corrected chi connectivity index (χ3v) is 5.52. The summed E-state index contributed by atoms with van der Waals surface area (Å²) in [7, 11) is 2.58. The highest BCUT2D eigenvalue weighted by Crippen LogP contribution is 2.42. The Morgan fingerprint density at radius 3 is 2.20 bits per heavy atom. The van der Waals surface area contributed by atoms with E-state index in [-0.39, 0.29) is 17.4 Å². The highest BCUT2D eigenvalue weighted by Gasteiger charge is 2.46. The smallest absolute Gasteiger partial charge is 0.320 e. The summed E-state index contributed by atoms with van der Waals surface area (Å²) in [6.07, 6.45) is 1.79. The van der Waals surface area contributed by atoms with Gasteiger partial charge in [0.2, 0.25) is 0 Å². The molecule has 5 heteroatoms. The molecule has 1 aliphatic heterocycles. The minimum atomic E-state index is -0.944. The van der Waals surface area contributed by atoms with Crippen LogP contribution < -0.4 is 0 Å². The van der Waals surface area contributed by atoms with Gasteiger partial charge in [-0.15, -0.1) is 0 Å². The lowest BCUT2D eigenvalue weighted by Gasteiger charge is -2.38. The monoisotopic (exact) mass is 345 g/mol. The Balaban J connectivity index is 2.26. The topological polar surface area (TPSA) is 65.0 Å². The van der Waals surface area contributed by atoms with E-state index in [1.54, 1.807) is 0 Å². The van der Waals surface area contributed by atoms with Crippen LogP contribution in [0.2, 0.25) is 0 Å². The molecule has 0 saturated heterocycles. The van der Waals surface area contributed by atoms with E-state index in [1.807, 2.05) is 25.1 Å². The number of nitrogens with zero attached hydrogens (tertiary/aromatic N) is 1. The molecule has 1 heterocycles. The molecule has 0 N–H and O–H groups in total. The zero-order chi connectivity index (χ0) is 18.6. The molecule has 1 aromatic carbocycles. The molecule has 0 aromatic heterocycles. The van der Waals surface area contributed by atoms with Crippen molar-refractivity contribution >= 4 is 17.7 Å². The first kappa shape index (κ1) is 19.2. The first-order chi connectivity index (χ1) is 11.8. The number of benzene rings is 1. The number of hydrogen-bond donors (Lipinski definition) is 0. The summed E-state index contributed by atoms with van der Waals surface area (Å²) in [6.45, 7) is 6.01. The highest BCUT2D eigenvalue weighted by atomic mass is 16.5. The Morgan fingerprint density at radius 1 is 1.12 bits per heavy atom. The maximum Gasteiger partial charge on any atom is 0.320 e. The van der Waals surface area contributed by atoms with Gasteiger partial charge in [0.15, 0.2) is 5.92 Å². The number of methoxy groups -OCH3 is 2. The number of carbonyl (C=O) groups excluding carboxylic acids is 2. The van der Waals surface area contributed by atoms with Crippen molar-refractivity contribution in [1.82, 2.24) is 0 Å². The summed E-state index contributed by atoms with van der Waals surface area (Å²) in [5.41, 5.74) is 1.85. The van der Waals surface area contributed by atoms with Gasteiger partial charge in [-0.05, 0) is 29.7 Å². The van der Waals surface area contributed by atoms with Crippen LogP contribution in [0.3, 0.4) is 0 Å². The minimum Gasteiger partial charge on any atom is -0.468 e. The van der Waals surface area contributed by atoms with Crippen LogP contribution in [-0.2, 0) is 19.1 Å². The van der Waals surface area contributed by atoms with Crippen molar-refractivity contribution < 1.29 is 19.1 Å². The number of hydrogen-bond acceptors (Lipinski definition) is 5. The van der Waals surface area contributed by atoms with Gasteiger partial charge >= 0.3 is 11.9 Å². The summed E-state index contributed by atoms with van der Waals surface area (Å²) < 4.78 is 9.66. The molecule has 0 spiro atoms. The lowest BCUT2D eigenvalue weighted by molar-refractivity contribution is -0.163. The lowest BCUT2D eigenvalue weighted by Crippen LogP contribution is -2.43. The van der Waals surface area contributed by atoms with Gasteiger partial charge in [-0.25, -0.2) is 0 Å². The molecule has 136 valence electrons. The van der Waals surface area contributed by atoms with Gasteiger partial charge in [0, 0.05) is 5.71 Å². The Hall–Kier alpha value is -2.17. The molecule has 0 radical (unpaired) electrons. The van der Waals surface area contributed by atoms with Crippen molar-refractivity contribution in [3.05, 3.63) is 35.9 Å². The summed E-state index contributed by atoms with van der Waals surface area (Å²) in [6, 6.07) is 10.1. The second-order valence-electron chi connectivity index (χ2n) is 7.13. The molecule has 2 unspecified atom stereocenters. The van der Waals surface area contributed by atoms with Crippen LogP contribution in [-0.4, -0.2) is 37.9 Å². The van der Waals surface area contributed by atoms with Crippen LogP contribution in [0.25, 0.3) is 0 Å². The maximum absolute atomic E-state index is 12.1. The molecule has 0 bridgehead atoms. The molecule has 25 heavy (non-hydrogen) atoms. The molecule has 2 rings (SSSR count). The van der Waals surface area contributed by atoms with E-state index >= 15 is 0 Å². The number of aliphatic imine (C=N–C) groups is 1. The van der Waals surface area contributed by atoms with Crippen molar-refractivity contribution in [1.29, 1.82) is 0 Å². The van der Waals surface area contributed by atoms with Gasteiger partial charge in [-0.2, -0.15) is 0 Å². The highest BCUT2D eigenvalue weighted by molar-refractivity contribution is 6.01. The largest absolute Gasteiger partial charge is 0.468 e. The lowest BCUT2D eigenvalue weighted by atomic mass is 9.68. The normalized spacial score (nSPS) is 18.6. The van der Waals surface area contributed by atoms with Gasteiger partial charge in [0.05, 0.1) is 20.3 Å². The molecule has 0 fully saturated rings. The van der Waals surface area contributed by atoms with Crippen molar-refractivity contribution in [2.75, 3.05) is 14.2 Å². The zero-order valence-corrected chi connectivity index (χ0v) is 15.6. The van der Waals surface area contributed by atoms with Gasteiger partial charge in [-0.1, -0.05) is 51.1 Å². The number of ether oxygens (including phenoxy) is 2. The molecule has 2 atom stereocenters. The summed E-state index contributed by atoms with van der Waals surface area (Å²) in [5, 5.41) is 0. The average Bonchev–Trinajstić information content (AvgIpc) is 3.13. The molecule has 1 aliphatic rings. The van der Waals surface area contributed by atoms with Crippen LogP contribution in [0.4, 0.5) is 0 Å². The number of esters is 2. The first-order valence-electron chi connectivity index (χ1n) is 8.60. The third kappa shape index (κ3) is 3.91. The Labute approximate surface area is 149 Å². The van der Waals surface area contributed by atoms with Crippen LogP contribution in [0.5, 0.6) is 0 Å². The van der Waals surface area contributed by atoms with Gasteiger partial charge in [0.25, 0.3) is 0 Å². The Morgan fingerprint density at radius 2 is 1.68 bits per heavy atom. The van der Waals surface area contributed by atoms with Gasteiger partial charge < -0.3 is 9.47 Å². The van der Waals surface area contributed by atoms with Gasteiger partial charge in [0.1, 0.15) is 0 Å². The molecular formula is C20H27NO4. The van der Waals surface area contributed by atoms with Crippen LogP contribution in [0.1, 0.15) is 39.2 Å². The molecular weight excluding hydrogens is 318 g/mol. The fourth-order valence-corrected chi connectivity index (χ4v) is 3.47. The van der Waals surface area contributed by atoms with E-state index in [0.717, 1.165) is 24.1 Å². The summed E-state index contributed by atoms with van der Waals surface area (Å²) >= 11 is 0. The zero-order valence-electron chi connectivity index (χ0n) is 15.6. The summed E-state index contributed by atoms with van der Waals surface area (Å²) in [5.74, 6) is -2.33. The standard InChI is InChI=1S/C20H27NO4/c1-13(17(18(22)24-4)19(23)25-5)20(2,3)16-12-11-15(21-16)14-9-7-6-8-10-14/h6-10,13,16-17H,11-12H2,1-5H3. The second-order valence-corrected chi connectivity index (χ2v) is 7.13. The van der Waals surface area contributed by atoms with Crippen molar-refractivity contribution in [2.45, 2.75) is 39.7 Å². The maximum atomic E-state index is 12.1. The summed E-state index contributed by atoms with van der Waals surface area (Å²) in [4.78, 5) is 29.2. The van der Waals surface area contributed by atoms with Crippen molar-refractivity contribution in [3.8, 4) is 0 Å². The average molecular weight is 345 g/mol. The van der Waals surface area contributed by atoms with E-state index in [1.165, 1.54) is 14.2 Å². The Kier molecular flexibility index (Phi) is 5.98. The molecule has 5 nitrogen and oxygen atoms in total. The second kappa shape index (κ2) is 7.81. The van der Waals surface area contributed by atoms with Crippen LogP contribution in [0, 0.1) is 17.3 Å². The van der Waals surface area contributed by atoms with E-state index in [4.69, 9.17) is 14.5 Å². The fraction of sp³-hybridized carbons (Fsp3) is 0.550. The fourth-order valence-electron chi connectivity index (χ4n) is 3.47. The number of carbonyl (C=O) groups is 2.